The summed E-state index contributed by atoms with van der Waals surface area (Å²) in [6.45, 7) is 4.03. The third kappa shape index (κ3) is 9.72. The van der Waals surface area contributed by atoms with Gasteiger partial charge in [-0.3, -0.25) is 0 Å². The zero-order chi connectivity index (χ0) is 22.7. The maximum Gasteiger partial charge on any atom is 0.389 e. The van der Waals surface area contributed by atoms with Gasteiger partial charge in [-0.15, -0.1) is 0 Å². The molecule has 0 aliphatic carbocycles. The molecule has 0 fully saturated rings. The number of aromatic nitrogens is 1. The highest BCUT2D eigenvalue weighted by Gasteiger charge is 2.25. The van der Waals surface area contributed by atoms with E-state index in [4.69, 9.17) is 14.2 Å². The Morgan fingerprint density at radius 2 is 1.74 bits per heavy atom. The van der Waals surface area contributed by atoms with Crippen molar-refractivity contribution >= 4 is 5.97 Å². The second kappa shape index (κ2) is 12.2. The Balaban J connectivity index is 1.78. The van der Waals surface area contributed by atoms with Gasteiger partial charge in [-0.2, -0.15) is 13.2 Å². The number of alkyl halides is 3. The number of halogens is 3. The lowest BCUT2D eigenvalue weighted by Gasteiger charge is -2.14. The van der Waals surface area contributed by atoms with Gasteiger partial charge in [0.2, 0.25) is 5.88 Å². The van der Waals surface area contributed by atoms with Gasteiger partial charge in [0.1, 0.15) is 11.5 Å². The van der Waals surface area contributed by atoms with Crippen LogP contribution in [0.5, 0.6) is 17.4 Å². The molecule has 0 spiro atoms. The summed E-state index contributed by atoms with van der Waals surface area (Å²) in [5.41, 5.74) is 0.859. The smallest absolute Gasteiger partial charge is 0.389 e. The van der Waals surface area contributed by atoms with Crippen LogP contribution in [0, 0.1) is 0 Å². The second-order valence-electron chi connectivity index (χ2n) is 7.18. The summed E-state index contributed by atoms with van der Waals surface area (Å²) >= 11 is 0. The first-order valence-electron chi connectivity index (χ1n) is 10.4. The van der Waals surface area contributed by atoms with Crippen LogP contribution < -0.4 is 9.47 Å². The quantitative estimate of drug-likeness (QED) is 0.289. The molecule has 170 valence electrons. The van der Waals surface area contributed by atoms with E-state index in [-0.39, 0.29) is 6.42 Å². The number of ether oxygens (including phenoxy) is 3. The average Bonchev–Trinajstić information content (AvgIpc) is 2.73. The summed E-state index contributed by atoms with van der Waals surface area (Å²) in [5.74, 6) is 1.02. The first-order valence-corrected chi connectivity index (χ1v) is 10.4. The van der Waals surface area contributed by atoms with Crippen LogP contribution in [0.1, 0.15) is 51.5 Å². The molecule has 0 saturated carbocycles. The number of pyridine rings is 1. The molecular formula is C23H28F3NO4. The summed E-state index contributed by atoms with van der Waals surface area (Å²) in [5, 5.41) is 0. The molecule has 0 aliphatic heterocycles. The molecule has 0 aliphatic rings. The molecular weight excluding hydrogens is 411 g/mol. The van der Waals surface area contributed by atoms with Crippen molar-refractivity contribution in [2.75, 3.05) is 6.61 Å². The Hall–Kier alpha value is -2.77. The predicted molar refractivity (Wildman–Crippen MR) is 110 cm³/mol. The first-order chi connectivity index (χ1) is 14.8. The van der Waals surface area contributed by atoms with Gasteiger partial charge in [-0.25, -0.2) is 9.78 Å². The van der Waals surface area contributed by atoms with Crippen LogP contribution in [0.2, 0.25) is 0 Å². The average molecular weight is 439 g/mol. The maximum atomic E-state index is 12.2. The summed E-state index contributed by atoms with van der Waals surface area (Å²) in [6.07, 6.45) is -1.12. The molecule has 0 N–H and O–H groups in total. The minimum atomic E-state index is -4.10. The molecule has 0 bridgehead atoms. The standard InChI is InChI=1S/C23H28F3NO4/c1-3-4-15-29-22(28)17(2)30-19-9-11-20(12-10-19)31-21-13-8-18(16-27-21)7-5-6-14-23(24,25)26/h8-13,16-17H,3-7,14-15H2,1-2H3. The molecule has 2 rings (SSSR count). The minimum Gasteiger partial charge on any atom is -0.479 e. The monoisotopic (exact) mass is 439 g/mol. The van der Waals surface area contributed by atoms with E-state index < -0.39 is 24.7 Å². The van der Waals surface area contributed by atoms with Crippen molar-refractivity contribution in [1.82, 2.24) is 4.98 Å². The van der Waals surface area contributed by atoms with E-state index in [1.807, 2.05) is 6.92 Å². The highest BCUT2D eigenvalue weighted by atomic mass is 19.4. The molecule has 0 radical (unpaired) electrons. The van der Waals surface area contributed by atoms with Crippen molar-refractivity contribution in [3.05, 3.63) is 48.2 Å². The summed E-state index contributed by atoms with van der Waals surface area (Å²) in [4.78, 5) is 16.0. The largest absolute Gasteiger partial charge is 0.479 e. The van der Waals surface area contributed by atoms with Crippen molar-refractivity contribution < 1.29 is 32.2 Å². The van der Waals surface area contributed by atoms with Gasteiger partial charge < -0.3 is 14.2 Å². The molecule has 1 unspecified atom stereocenters. The number of benzene rings is 1. The fraction of sp³-hybridized carbons (Fsp3) is 0.478. The van der Waals surface area contributed by atoms with Gasteiger partial charge in [-0.05, 0) is 62.4 Å². The first kappa shape index (κ1) is 24.5. The maximum absolute atomic E-state index is 12.2. The number of esters is 1. The Morgan fingerprint density at radius 1 is 1.03 bits per heavy atom. The Kier molecular flexibility index (Phi) is 9.62. The number of hydrogen-bond acceptors (Lipinski definition) is 5. The fourth-order valence-corrected chi connectivity index (χ4v) is 2.67. The van der Waals surface area contributed by atoms with Gasteiger partial charge in [0, 0.05) is 18.7 Å². The third-order valence-electron chi connectivity index (χ3n) is 4.41. The number of rotatable bonds is 12. The fourth-order valence-electron chi connectivity index (χ4n) is 2.67. The molecule has 1 aromatic heterocycles. The van der Waals surface area contributed by atoms with E-state index in [1.165, 1.54) is 0 Å². The lowest BCUT2D eigenvalue weighted by Crippen LogP contribution is -2.26. The Bertz CT molecular complexity index is 792. The number of hydrogen-bond donors (Lipinski definition) is 0. The van der Waals surface area contributed by atoms with Gasteiger partial charge in [0.25, 0.3) is 0 Å². The minimum absolute atomic E-state index is 0.102. The van der Waals surface area contributed by atoms with Gasteiger partial charge in [-0.1, -0.05) is 19.4 Å². The summed E-state index contributed by atoms with van der Waals surface area (Å²) < 4.78 is 52.9. The number of nitrogens with zero attached hydrogens (tertiary/aromatic N) is 1. The van der Waals surface area contributed by atoms with Gasteiger partial charge in [0.15, 0.2) is 6.10 Å². The van der Waals surface area contributed by atoms with Crippen molar-refractivity contribution in [2.24, 2.45) is 0 Å². The van der Waals surface area contributed by atoms with Gasteiger partial charge >= 0.3 is 12.1 Å². The lowest BCUT2D eigenvalue weighted by molar-refractivity contribution is -0.151. The molecule has 1 atom stereocenters. The van der Waals surface area contributed by atoms with E-state index in [1.54, 1.807) is 49.5 Å². The van der Waals surface area contributed by atoms with E-state index >= 15 is 0 Å². The SMILES string of the molecule is CCCCOC(=O)C(C)Oc1ccc(Oc2ccc(CCCCC(F)(F)F)cn2)cc1. The molecule has 0 saturated heterocycles. The number of carbonyl (C=O) groups excluding carboxylic acids is 1. The van der Waals surface area contributed by atoms with Crippen LogP contribution in [0.3, 0.4) is 0 Å². The molecule has 8 heteroatoms. The topological polar surface area (TPSA) is 57.7 Å². The van der Waals surface area contributed by atoms with Crippen LogP contribution in [0.4, 0.5) is 13.2 Å². The number of aryl methyl sites for hydroxylation is 1. The number of unbranched alkanes of at least 4 members (excludes halogenated alkanes) is 2. The summed E-state index contributed by atoms with van der Waals surface area (Å²) in [6, 6.07) is 10.2. The highest BCUT2D eigenvalue weighted by molar-refractivity contribution is 5.74. The van der Waals surface area contributed by atoms with Crippen molar-refractivity contribution in [3.8, 4) is 17.4 Å². The van der Waals surface area contributed by atoms with Crippen molar-refractivity contribution in [2.45, 2.75) is 64.7 Å². The van der Waals surface area contributed by atoms with Crippen LogP contribution in [0.25, 0.3) is 0 Å². The zero-order valence-electron chi connectivity index (χ0n) is 17.8. The van der Waals surface area contributed by atoms with E-state index in [0.29, 0.717) is 36.8 Å². The lowest BCUT2D eigenvalue weighted by atomic mass is 10.1. The van der Waals surface area contributed by atoms with Gasteiger partial charge in [0.05, 0.1) is 6.61 Å². The molecule has 2 aromatic rings. The van der Waals surface area contributed by atoms with Crippen LogP contribution in [-0.2, 0) is 16.0 Å². The van der Waals surface area contributed by atoms with Crippen molar-refractivity contribution in [1.29, 1.82) is 0 Å². The van der Waals surface area contributed by atoms with E-state index in [2.05, 4.69) is 4.98 Å². The van der Waals surface area contributed by atoms with Crippen LogP contribution in [-0.4, -0.2) is 29.8 Å². The van der Waals surface area contributed by atoms with Crippen molar-refractivity contribution in [3.63, 3.8) is 0 Å². The highest BCUT2D eigenvalue weighted by Crippen LogP contribution is 2.25. The normalized spacial score (nSPS) is 12.3. The second-order valence-corrected chi connectivity index (χ2v) is 7.18. The van der Waals surface area contributed by atoms with E-state index in [9.17, 15) is 18.0 Å². The van der Waals surface area contributed by atoms with Crippen LogP contribution >= 0.6 is 0 Å². The van der Waals surface area contributed by atoms with E-state index in [0.717, 1.165) is 18.4 Å². The Labute approximate surface area is 180 Å². The molecule has 5 nitrogen and oxygen atoms in total. The van der Waals surface area contributed by atoms with Crippen LogP contribution in [0.15, 0.2) is 42.6 Å². The number of carbonyl (C=O) groups is 1. The molecule has 1 aromatic carbocycles. The third-order valence-corrected chi connectivity index (χ3v) is 4.41. The molecule has 31 heavy (non-hydrogen) atoms. The zero-order valence-corrected chi connectivity index (χ0v) is 17.8. The Morgan fingerprint density at radius 3 is 2.35 bits per heavy atom. The predicted octanol–water partition coefficient (Wildman–Crippen LogP) is 6.26. The molecule has 0 amide bonds. The molecule has 1 heterocycles. The summed E-state index contributed by atoms with van der Waals surface area (Å²) in [7, 11) is 0.